The molecule has 10 heteroatoms. The van der Waals surface area contributed by atoms with Gasteiger partial charge in [-0.1, -0.05) is 30.4 Å². The topological polar surface area (TPSA) is 117 Å². The lowest BCUT2D eigenvalue weighted by molar-refractivity contribution is -0.110. The number of benzene rings is 2. The minimum atomic E-state index is -1.10. The summed E-state index contributed by atoms with van der Waals surface area (Å²) in [4.78, 5) is 55.5. The van der Waals surface area contributed by atoms with Crippen molar-refractivity contribution in [1.82, 2.24) is 14.5 Å². The predicted molar refractivity (Wildman–Crippen MR) is 143 cm³/mol. The van der Waals surface area contributed by atoms with Crippen LogP contribution in [0, 0.1) is 11.6 Å². The van der Waals surface area contributed by atoms with Gasteiger partial charge >= 0.3 is 5.69 Å². The fourth-order valence-electron chi connectivity index (χ4n) is 4.29. The van der Waals surface area contributed by atoms with Crippen LogP contribution in [0.5, 0.6) is 0 Å². The van der Waals surface area contributed by atoms with Crippen LogP contribution in [0.15, 0.2) is 76.6 Å². The van der Waals surface area contributed by atoms with Crippen LogP contribution in [0.4, 0.5) is 14.5 Å². The highest BCUT2D eigenvalue weighted by atomic mass is 19.2. The molecule has 8 nitrogen and oxygen atoms in total. The third kappa shape index (κ3) is 5.45. The SMILES string of the molecule is O=C1Nc2cc(/C=C/CCC(=O)c3c[nH]c(=O)n(Cc4ccc(F)c(F)c4)c3=O)ccc2/C1=C/c1ccc[nH]1. The van der Waals surface area contributed by atoms with Crippen LogP contribution in [0.1, 0.15) is 45.6 Å². The Balaban J connectivity index is 1.25. The first kappa shape index (κ1) is 25.5. The van der Waals surface area contributed by atoms with Gasteiger partial charge in [0.25, 0.3) is 11.5 Å². The van der Waals surface area contributed by atoms with Gasteiger partial charge in [0.05, 0.1) is 17.7 Å². The number of aromatic nitrogens is 3. The number of amides is 1. The van der Waals surface area contributed by atoms with E-state index in [1.807, 2.05) is 30.3 Å². The molecule has 0 saturated heterocycles. The maximum absolute atomic E-state index is 13.5. The van der Waals surface area contributed by atoms with E-state index < -0.39 is 28.7 Å². The molecule has 0 aliphatic carbocycles. The lowest BCUT2D eigenvalue weighted by Crippen LogP contribution is -2.38. The fourth-order valence-corrected chi connectivity index (χ4v) is 4.29. The van der Waals surface area contributed by atoms with Crippen LogP contribution >= 0.6 is 0 Å². The number of aromatic amines is 2. The van der Waals surface area contributed by atoms with E-state index in [0.29, 0.717) is 17.7 Å². The summed E-state index contributed by atoms with van der Waals surface area (Å²) in [6, 6.07) is 12.3. The molecule has 3 heterocycles. The van der Waals surface area contributed by atoms with Gasteiger partial charge < -0.3 is 15.3 Å². The molecule has 1 amide bonds. The van der Waals surface area contributed by atoms with Gasteiger partial charge in [-0.05, 0) is 54.0 Å². The molecule has 0 atom stereocenters. The second kappa shape index (κ2) is 10.7. The van der Waals surface area contributed by atoms with Gasteiger partial charge in [0, 0.05) is 35.8 Å². The first-order valence-corrected chi connectivity index (χ1v) is 12.1. The number of hydrogen-bond acceptors (Lipinski definition) is 4. The Kier molecular flexibility index (Phi) is 7.00. The summed E-state index contributed by atoms with van der Waals surface area (Å²) in [5.41, 5.74) is 2.10. The van der Waals surface area contributed by atoms with E-state index >= 15 is 0 Å². The quantitative estimate of drug-likeness (QED) is 0.233. The molecule has 4 aromatic rings. The Labute approximate surface area is 220 Å². The molecule has 1 aliphatic rings. The van der Waals surface area contributed by atoms with Gasteiger partial charge in [-0.2, -0.15) is 0 Å². The number of nitrogens with one attached hydrogen (secondary N) is 3. The molecule has 0 saturated carbocycles. The summed E-state index contributed by atoms with van der Waals surface area (Å²) in [6.07, 6.45) is 8.54. The van der Waals surface area contributed by atoms with Crippen molar-refractivity contribution in [3.05, 3.63) is 127 Å². The Morgan fingerprint density at radius 2 is 1.82 bits per heavy atom. The van der Waals surface area contributed by atoms with E-state index in [0.717, 1.165) is 39.7 Å². The van der Waals surface area contributed by atoms with E-state index in [9.17, 15) is 28.0 Å². The zero-order chi connectivity index (χ0) is 27.5. The Hall–Kier alpha value is -5.12. The number of carbonyl (C=O) groups excluding carboxylic acids is 2. The lowest BCUT2D eigenvalue weighted by atomic mass is 10.0. The third-order valence-electron chi connectivity index (χ3n) is 6.28. The van der Waals surface area contributed by atoms with Gasteiger partial charge in [-0.3, -0.25) is 19.0 Å². The number of anilines is 1. The zero-order valence-electron chi connectivity index (χ0n) is 20.5. The molecule has 0 spiro atoms. The lowest BCUT2D eigenvalue weighted by Gasteiger charge is -2.07. The number of rotatable bonds is 8. The standard InChI is InChI=1S/C29H22F2N4O4/c30-23-10-8-18(12-24(23)31)16-35-28(38)22(15-33-29(35)39)26(36)6-2-1-4-17-7-9-20-21(14-19-5-3-11-32-19)27(37)34-25(20)13-17/h1,3-5,7-15,32H,2,6,16H2,(H,33,39)(H,34,37)/b4-1+,21-14-. The minimum absolute atomic E-state index is 0.00761. The van der Waals surface area contributed by atoms with Crippen molar-refractivity contribution in [3.63, 3.8) is 0 Å². The average molecular weight is 529 g/mol. The maximum Gasteiger partial charge on any atom is 0.328 e. The Bertz CT molecular complexity index is 1760. The normalized spacial score (nSPS) is 13.7. The molecule has 39 heavy (non-hydrogen) atoms. The first-order chi connectivity index (χ1) is 18.8. The van der Waals surface area contributed by atoms with Crippen molar-refractivity contribution in [2.75, 3.05) is 5.32 Å². The summed E-state index contributed by atoms with van der Waals surface area (Å²) in [7, 11) is 0. The maximum atomic E-state index is 13.5. The van der Waals surface area contributed by atoms with Crippen molar-refractivity contribution in [2.45, 2.75) is 19.4 Å². The van der Waals surface area contributed by atoms with Gasteiger partial charge in [-0.15, -0.1) is 0 Å². The molecular weight excluding hydrogens is 506 g/mol. The van der Waals surface area contributed by atoms with E-state index in [4.69, 9.17) is 0 Å². The van der Waals surface area contributed by atoms with E-state index in [1.54, 1.807) is 24.4 Å². The molecule has 0 fully saturated rings. The van der Waals surface area contributed by atoms with Crippen molar-refractivity contribution < 1.29 is 18.4 Å². The predicted octanol–water partition coefficient (Wildman–Crippen LogP) is 4.36. The number of H-pyrrole nitrogens is 2. The van der Waals surface area contributed by atoms with E-state index in [1.165, 1.54) is 6.07 Å². The molecule has 3 N–H and O–H groups in total. The summed E-state index contributed by atoms with van der Waals surface area (Å²) in [5.74, 6) is -2.81. The van der Waals surface area contributed by atoms with Crippen LogP contribution in [-0.4, -0.2) is 26.2 Å². The van der Waals surface area contributed by atoms with Gasteiger partial charge in [0.15, 0.2) is 17.4 Å². The van der Waals surface area contributed by atoms with Crippen LogP contribution < -0.4 is 16.6 Å². The van der Waals surface area contributed by atoms with Gasteiger partial charge in [0.2, 0.25) is 0 Å². The second-order valence-corrected chi connectivity index (χ2v) is 8.95. The molecule has 1 aliphatic heterocycles. The van der Waals surface area contributed by atoms with E-state index in [2.05, 4.69) is 15.3 Å². The average Bonchev–Trinajstić information content (AvgIpc) is 3.54. The molecule has 0 radical (unpaired) electrons. The van der Waals surface area contributed by atoms with Crippen molar-refractivity contribution in [2.24, 2.45) is 0 Å². The number of hydrogen-bond donors (Lipinski definition) is 3. The number of Topliss-reactive ketones (excluding diaryl/α,β-unsaturated/α-hetero) is 1. The fraction of sp³-hybridized carbons (Fsp3) is 0.103. The molecule has 2 aromatic heterocycles. The number of fused-ring (bicyclic) bond motifs is 1. The van der Waals surface area contributed by atoms with Crippen LogP contribution in [0.25, 0.3) is 17.7 Å². The van der Waals surface area contributed by atoms with Crippen LogP contribution in [-0.2, 0) is 11.3 Å². The molecule has 2 aromatic carbocycles. The molecular formula is C29H22F2N4O4. The number of carbonyl (C=O) groups is 2. The molecule has 196 valence electrons. The van der Waals surface area contributed by atoms with Crippen molar-refractivity contribution in [1.29, 1.82) is 0 Å². The van der Waals surface area contributed by atoms with Crippen molar-refractivity contribution in [3.8, 4) is 0 Å². The summed E-state index contributed by atoms with van der Waals surface area (Å²) < 4.78 is 27.5. The van der Waals surface area contributed by atoms with Crippen LogP contribution in [0.2, 0.25) is 0 Å². The highest BCUT2D eigenvalue weighted by Gasteiger charge is 2.24. The number of ketones is 1. The largest absolute Gasteiger partial charge is 0.362 e. The smallest absolute Gasteiger partial charge is 0.328 e. The second-order valence-electron chi connectivity index (χ2n) is 8.95. The van der Waals surface area contributed by atoms with Gasteiger partial charge in [-0.25, -0.2) is 13.6 Å². The summed E-state index contributed by atoms with van der Waals surface area (Å²) in [6.45, 7) is -0.316. The zero-order valence-corrected chi connectivity index (χ0v) is 20.5. The highest BCUT2D eigenvalue weighted by Crippen LogP contribution is 2.34. The Morgan fingerprint density at radius 1 is 0.974 bits per heavy atom. The highest BCUT2D eigenvalue weighted by molar-refractivity contribution is 6.34. The van der Waals surface area contributed by atoms with Gasteiger partial charge in [0.1, 0.15) is 0 Å². The molecule has 5 rings (SSSR count). The third-order valence-corrected chi connectivity index (χ3v) is 6.28. The number of halogens is 2. The minimum Gasteiger partial charge on any atom is -0.362 e. The van der Waals surface area contributed by atoms with E-state index in [-0.39, 0.29) is 30.0 Å². The monoisotopic (exact) mass is 528 g/mol. The summed E-state index contributed by atoms with van der Waals surface area (Å²) in [5, 5.41) is 2.86. The first-order valence-electron chi connectivity index (χ1n) is 12.1. The Morgan fingerprint density at radius 3 is 2.59 bits per heavy atom. The van der Waals surface area contributed by atoms with Crippen molar-refractivity contribution >= 4 is 35.1 Å². The number of nitrogens with zero attached hydrogens (tertiary/aromatic N) is 1. The molecule has 0 unspecified atom stereocenters. The summed E-state index contributed by atoms with van der Waals surface area (Å²) >= 11 is 0. The van der Waals surface area contributed by atoms with Crippen LogP contribution in [0.3, 0.4) is 0 Å². The molecule has 0 bridgehead atoms. The number of allylic oxidation sites excluding steroid dienone is 1.